The van der Waals surface area contributed by atoms with E-state index < -0.39 is 11.7 Å². The number of hydrogen-bond donors (Lipinski definition) is 1. The van der Waals surface area contributed by atoms with E-state index in [1.54, 1.807) is 6.07 Å². The van der Waals surface area contributed by atoms with Crippen LogP contribution < -0.4 is 5.32 Å². The van der Waals surface area contributed by atoms with Crippen molar-refractivity contribution in [3.63, 3.8) is 0 Å². The fourth-order valence-corrected chi connectivity index (χ4v) is 2.23. The maximum absolute atomic E-state index is 12.9. The molecule has 0 aliphatic carbocycles. The molecule has 4 rings (SSSR count). The van der Waals surface area contributed by atoms with E-state index in [1.165, 1.54) is 24.3 Å². The molecule has 0 fully saturated rings. The van der Waals surface area contributed by atoms with Crippen LogP contribution in [0.5, 0.6) is 0 Å². The Morgan fingerprint density at radius 3 is 2.58 bits per heavy atom. The number of benzene rings is 2. The second-order valence-corrected chi connectivity index (χ2v) is 5.02. The molecule has 1 N–H and O–H groups in total. The van der Waals surface area contributed by atoms with Crippen molar-refractivity contribution in [3.05, 3.63) is 66.0 Å². The first-order chi connectivity index (χ1) is 11.7. The number of anilines is 1. The van der Waals surface area contributed by atoms with Gasteiger partial charge in [-0.3, -0.25) is 10.1 Å². The summed E-state index contributed by atoms with van der Waals surface area (Å²) in [5.74, 6) is -0.335. The van der Waals surface area contributed by atoms with E-state index in [1.807, 2.05) is 24.3 Å². The van der Waals surface area contributed by atoms with Crippen molar-refractivity contribution in [2.75, 3.05) is 5.32 Å². The lowest BCUT2D eigenvalue weighted by Crippen LogP contribution is -2.12. The van der Waals surface area contributed by atoms with Gasteiger partial charge in [0.05, 0.1) is 0 Å². The molecule has 0 atom stereocenters. The van der Waals surface area contributed by atoms with Crippen LogP contribution in [0, 0.1) is 5.82 Å². The molecule has 0 unspecified atom stereocenters. The largest absolute Gasteiger partial charge is 0.451 e. The molecule has 2 aromatic carbocycles. The van der Waals surface area contributed by atoms with Crippen LogP contribution in [-0.4, -0.2) is 16.1 Å². The number of rotatable bonds is 3. The highest BCUT2D eigenvalue weighted by Gasteiger charge is 2.15. The van der Waals surface area contributed by atoms with Crippen molar-refractivity contribution in [1.82, 2.24) is 10.2 Å². The maximum Gasteiger partial charge on any atom is 0.322 e. The fraction of sp³-hybridized carbons (Fsp3) is 0. The van der Waals surface area contributed by atoms with Crippen LogP contribution in [0.1, 0.15) is 10.4 Å². The molecule has 2 heterocycles. The molecule has 0 spiro atoms. The van der Waals surface area contributed by atoms with Gasteiger partial charge in [-0.1, -0.05) is 23.3 Å². The van der Waals surface area contributed by atoms with Crippen molar-refractivity contribution in [2.24, 2.45) is 0 Å². The second kappa shape index (κ2) is 5.62. The number of furan rings is 1. The average Bonchev–Trinajstić information content (AvgIpc) is 3.21. The number of fused-ring (bicyclic) bond motifs is 1. The van der Waals surface area contributed by atoms with E-state index in [2.05, 4.69) is 15.5 Å². The summed E-state index contributed by atoms with van der Waals surface area (Å²) in [6, 6.07) is 14.3. The van der Waals surface area contributed by atoms with E-state index in [4.69, 9.17) is 8.83 Å². The van der Waals surface area contributed by atoms with Gasteiger partial charge >= 0.3 is 6.01 Å². The van der Waals surface area contributed by atoms with E-state index in [9.17, 15) is 9.18 Å². The first kappa shape index (κ1) is 14.1. The Kier molecular flexibility index (Phi) is 3.31. The molecule has 4 aromatic rings. The van der Waals surface area contributed by atoms with Crippen LogP contribution in [0.3, 0.4) is 0 Å². The zero-order valence-electron chi connectivity index (χ0n) is 12.2. The molecule has 1 amide bonds. The molecule has 0 aliphatic rings. The third-order valence-corrected chi connectivity index (χ3v) is 3.39. The van der Waals surface area contributed by atoms with Gasteiger partial charge in [0.2, 0.25) is 0 Å². The molecule has 6 nitrogen and oxygen atoms in total. The highest BCUT2D eigenvalue weighted by atomic mass is 19.1. The first-order valence-electron chi connectivity index (χ1n) is 7.08. The predicted molar refractivity (Wildman–Crippen MR) is 83.9 cm³/mol. The zero-order chi connectivity index (χ0) is 16.5. The van der Waals surface area contributed by atoms with Gasteiger partial charge in [-0.2, -0.15) is 0 Å². The smallest absolute Gasteiger partial charge is 0.322 e. The van der Waals surface area contributed by atoms with Gasteiger partial charge in [-0.25, -0.2) is 4.39 Å². The summed E-state index contributed by atoms with van der Waals surface area (Å²) in [6.45, 7) is 0. The SMILES string of the molecule is O=C(Nc1nnc(-c2cc3ccccc3o2)o1)c1ccc(F)cc1. The van der Waals surface area contributed by atoms with Crippen LogP contribution >= 0.6 is 0 Å². The number of carbonyl (C=O) groups is 1. The number of amides is 1. The second-order valence-electron chi connectivity index (χ2n) is 5.02. The Hall–Kier alpha value is -3.48. The summed E-state index contributed by atoms with van der Waals surface area (Å²) in [4.78, 5) is 12.0. The average molecular weight is 323 g/mol. The number of nitrogens with zero attached hydrogens (tertiary/aromatic N) is 2. The molecule has 0 radical (unpaired) electrons. The normalized spacial score (nSPS) is 10.9. The molecule has 0 saturated carbocycles. The van der Waals surface area contributed by atoms with E-state index in [0.29, 0.717) is 11.3 Å². The minimum Gasteiger partial charge on any atom is -0.451 e. The minimum absolute atomic E-state index is 0.0696. The van der Waals surface area contributed by atoms with Gasteiger partial charge in [-0.15, -0.1) is 5.10 Å². The minimum atomic E-state index is -0.477. The lowest BCUT2D eigenvalue weighted by Gasteiger charge is -1.99. The molecule has 2 aromatic heterocycles. The van der Waals surface area contributed by atoms with Gasteiger partial charge in [0, 0.05) is 10.9 Å². The zero-order valence-corrected chi connectivity index (χ0v) is 12.2. The number of para-hydroxylation sites is 1. The van der Waals surface area contributed by atoms with Crippen molar-refractivity contribution in [3.8, 4) is 11.7 Å². The summed E-state index contributed by atoms with van der Waals surface area (Å²) in [6.07, 6.45) is 0. The highest BCUT2D eigenvalue weighted by Crippen LogP contribution is 2.27. The molecule has 7 heteroatoms. The summed E-state index contributed by atoms with van der Waals surface area (Å²) >= 11 is 0. The monoisotopic (exact) mass is 323 g/mol. The lowest BCUT2D eigenvalue weighted by atomic mass is 10.2. The number of hydrogen-bond acceptors (Lipinski definition) is 5. The number of halogens is 1. The Morgan fingerprint density at radius 2 is 1.79 bits per heavy atom. The van der Waals surface area contributed by atoms with Gasteiger partial charge in [0.25, 0.3) is 11.8 Å². The van der Waals surface area contributed by atoms with Crippen molar-refractivity contribution in [1.29, 1.82) is 0 Å². The third kappa shape index (κ3) is 2.63. The Labute approximate surface area is 134 Å². The Morgan fingerprint density at radius 1 is 1.00 bits per heavy atom. The molecule has 0 bridgehead atoms. The summed E-state index contributed by atoms with van der Waals surface area (Å²) in [7, 11) is 0. The Balaban J connectivity index is 1.56. The van der Waals surface area contributed by atoms with Crippen LogP contribution in [0.15, 0.2) is 63.4 Å². The molecule has 118 valence electrons. The Bertz CT molecular complexity index is 988. The number of aromatic nitrogens is 2. The molecule has 24 heavy (non-hydrogen) atoms. The van der Waals surface area contributed by atoms with Crippen molar-refractivity contribution >= 4 is 22.9 Å². The van der Waals surface area contributed by atoms with Crippen molar-refractivity contribution in [2.45, 2.75) is 0 Å². The highest BCUT2D eigenvalue weighted by molar-refractivity contribution is 6.03. The molecule has 0 saturated heterocycles. The summed E-state index contributed by atoms with van der Waals surface area (Å²) < 4.78 is 23.9. The molecule has 0 aliphatic heterocycles. The van der Waals surface area contributed by atoms with Crippen LogP contribution in [0.25, 0.3) is 22.6 Å². The van der Waals surface area contributed by atoms with Crippen molar-refractivity contribution < 1.29 is 18.0 Å². The summed E-state index contributed by atoms with van der Waals surface area (Å²) in [5, 5.41) is 11.0. The summed E-state index contributed by atoms with van der Waals surface area (Å²) in [5.41, 5.74) is 0.975. The third-order valence-electron chi connectivity index (χ3n) is 3.39. The van der Waals surface area contributed by atoms with Gasteiger partial charge in [0.15, 0.2) is 5.76 Å². The number of nitrogens with one attached hydrogen (secondary N) is 1. The van der Waals surface area contributed by atoms with Gasteiger partial charge in [0.1, 0.15) is 11.4 Å². The quantitative estimate of drug-likeness (QED) is 0.619. The standard InChI is InChI=1S/C17H10FN3O3/c18-12-7-5-10(6-8-12)15(22)19-17-21-20-16(24-17)14-9-11-3-1-2-4-13(11)23-14/h1-9H,(H,19,21,22). The molecular weight excluding hydrogens is 313 g/mol. The van der Waals surface area contributed by atoms with Crippen LogP contribution in [0.2, 0.25) is 0 Å². The van der Waals surface area contributed by atoms with Crippen LogP contribution in [-0.2, 0) is 0 Å². The fourth-order valence-electron chi connectivity index (χ4n) is 2.23. The van der Waals surface area contributed by atoms with E-state index in [-0.39, 0.29) is 17.5 Å². The predicted octanol–water partition coefficient (Wildman–Crippen LogP) is 3.87. The van der Waals surface area contributed by atoms with Gasteiger partial charge in [-0.05, 0) is 36.4 Å². The van der Waals surface area contributed by atoms with E-state index in [0.717, 1.165) is 5.39 Å². The van der Waals surface area contributed by atoms with Gasteiger partial charge < -0.3 is 8.83 Å². The van der Waals surface area contributed by atoms with E-state index >= 15 is 0 Å². The topological polar surface area (TPSA) is 81.2 Å². The molecular formula is C17H10FN3O3. The van der Waals surface area contributed by atoms with Crippen LogP contribution in [0.4, 0.5) is 10.4 Å². The maximum atomic E-state index is 12.9. The lowest BCUT2D eigenvalue weighted by molar-refractivity contribution is 0.102. The first-order valence-corrected chi connectivity index (χ1v) is 7.08. The number of carbonyl (C=O) groups excluding carboxylic acids is 1.